The second-order valence-electron chi connectivity index (χ2n) is 5.47. The largest absolute Gasteiger partial charge is 0.396 e. The fourth-order valence-corrected chi connectivity index (χ4v) is 2.67. The molecule has 0 aliphatic heterocycles. The lowest BCUT2D eigenvalue weighted by molar-refractivity contribution is 0.711. The van der Waals surface area contributed by atoms with Crippen LogP contribution in [0.4, 0.5) is 11.4 Å². The van der Waals surface area contributed by atoms with E-state index in [1.165, 1.54) is 23.9 Å². The van der Waals surface area contributed by atoms with Crippen molar-refractivity contribution in [1.82, 2.24) is 4.98 Å². The van der Waals surface area contributed by atoms with Gasteiger partial charge < -0.3 is 10.6 Å². The van der Waals surface area contributed by atoms with Gasteiger partial charge in [0.1, 0.15) is 0 Å². The third-order valence-corrected chi connectivity index (χ3v) is 3.76. The molecule has 1 aliphatic rings. The van der Waals surface area contributed by atoms with Crippen LogP contribution >= 0.6 is 0 Å². The first-order valence-corrected chi connectivity index (χ1v) is 7.17. The van der Waals surface area contributed by atoms with Crippen molar-refractivity contribution in [2.24, 2.45) is 5.92 Å². The van der Waals surface area contributed by atoms with E-state index in [4.69, 9.17) is 5.73 Å². The van der Waals surface area contributed by atoms with Gasteiger partial charge >= 0.3 is 0 Å². The number of fused-ring (bicyclic) bond motifs is 1. The lowest BCUT2D eigenvalue weighted by Crippen LogP contribution is -2.27. The first-order valence-electron chi connectivity index (χ1n) is 7.17. The molecule has 0 spiro atoms. The summed E-state index contributed by atoms with van der Waals surface area (Å²) in [5.74, 6) is 0.859. The minimum absolute atomic E-state index is 0.799. The van der Waals surface area contributed by atoms with E-state index in [1.54, 1.807) is 6.20 Å². The molecular formula is C16H21N3. The minimum atomic E-state index is 0.799. The van der Waals surface area contributed by atoms with E-state index in [-0.39, 0.29) is 0 Å². The van der Waals surface area contributed by atoms with E-state index in [9.17, 15) is 0 Å². The fraction of sp³-hybridized carbons (Fsp3) is 0.438. The quantitative estimate of drug-likeness (QED) is 0.890. The highest BCUT2D eigenvalue weighted by atomic mass is 15.1. The minimum Gasteiger partial charge on any atom is -0.396 e. The van der Waals surface area contributed by atoms with Gasteiger partial charge in [0.15, 0.2) is 0 Å². The molecule has 2 aromatic rings. The number of nitrogen functional groups attached to an aromatic ring is 1. The van der Waals surface area contributed by atoms with Crippen LogP contribution < -0.4 is 10.6 Å². The van der Waals surface area contributed by atoms with Crippen molar-refractivity contribution in [3.05, 3.63) is 30.5 Å². The van der Waals surface area contributed by atoms with E-state index < -0.39 is 0 Å². The lowest BCUT2D eigenvalue weighted by Gasteiger charge is -2.27. The summed E-state index contributed by atoms with van der Waals surface area (Å²) in [4.78, 5) is 6.88. The van der Waals surface area contributed by atoms with Crippen LogP contribution in [0.1, 0.15) is 26.2 Å². The number of para-hydroxylation sites is 1. The van der Waals surface area contributed by atoms with E-state index >= 15 is 0 Å². The molecule has 100 valence electrons. The van der Waals surface area contributed by atoms with Crippen LogP contribution in [0, 0.1) is 5.92 Å². The number of hydrogen-bond acceptors (Lipinski definition) is 3. The Labute approximate surface area is 114 Å². The average molecular weight is 255 g/mol. The number of nitrogens with zero attached hydrogens (tertiary/aromatic N) is 2. The van der Waals surface area contributed by atoms with Gasteiger partial charge in [0.2, 0.25) is 0 Å². The van der Waals surface area contributed by atoms with Gasteiger partial charge in [0.05, 0.1) is 23.1 Å². The number of anilines is 2. The predicted octanol–water partition coefficient (Wildman–Crippen LogP) is 3.44. The first-order chi connectivity index (χ1) is 9.29. The number of rotatable bonds is 5. The monoisotopic (exact) mass is 255 g/mol. The summed E-state index contributed by atoms with van der Waals surface area (Å²) < 4.78 is 0. The van der Waals surface area contributed by atoms with Crippen LogP contribution in [0.3, 0.4) is 0 Å². The molecule has 3 nitrogen and oxygen atoms in total. The highest BCUT2D eigenvalue weighted by molar-refractivity contribution is 5.97. The molecule has 0 radical (unpaired) electrons. The first kappa shape index (κ1) is 12.3. The van der Waals surface area contributed by atoms with Crippen LogP contribution in [0.2, 0.25) is 0 Å². The van der Waals surface area contributed by atoms with E-state index in [1.807, 2.05) is 6.07 Å². The maximum Gasteiger partial charge on any atom is 0.0745 e. The van der Waals surface area contributed by atoms with Crippen molar-refractivity contribution in [2.45, 2.75) is 26.2 Å². The maximum absolute atomic E-state index is 6.21. The van der Waals surface area contributed by atoms with E-state index in [2.05, 4.69) is 35.0 Å². The smallest absolute Gasteiger partial charge is 0.0745 e. The molecule has 0 atom stereocenters. The Balaban J connectivity index is 2.06. The average Bonchev–Trinajstić information content (AvgIpc) is 3.22. The Morgan fingerprint density at radius 3 is 2.84 bits per heavy atom. The van der Waals surface area contributed by atoms with Gasteiger partial charge in [-0.2, -0.15) is 0 Å². The number of benzene rings is 1. The van der Waals surface area contributed by atoms with Crippen LogP contribution in [-0.4, -0.2) is 18.1 Å². The van der Waals surface area contributed by atoms with Crippen molar-refractivity contribution in [2.75, 3.05) is 23.7 Å². The SMILES string of the molecule is CCCN(CC1CC1)c1c(N)cnc2ccccc12. The van der Waals surface area contributed by atoms with E-state index in [0.717, 1.165) is 36.6 Å². The zero-order valence-corrected chi connectivity index (χ0v) is 11.5. The van der Waals surface area contributed by atoms with Crippen LogP contribution in [0.15, 0.2) is 30.5 Å². The van der Waals surface area contributed by atoms with E-state index in [0.29, 0.717) is 0 Å². The predicted molar refractivity (Wildman–Crippen MR) is 81.4 cm³/mol. The Hall–Kier alpha value is -1.77. The summed E-state index contributed by atoms with van der Waals surface area (Å²) in [6.45, 7) is 4.42. The molecule has 1 saturated carbocycles. The van der Waals surface area contributed by atoms with Gasteiger partial charge in [0, 0.05) is 18.5 Å². The molecule has 19 heavy (non-hydrogen) atoms. The molecule has 3 rings (SSSR count). The molecule has 1 aromatic heterocycles. The van der Waals surface area contributed by atoms with Crippen molar-refractivity contribution in [3.8, 4) is 0 Å². The third-order valence-electron chi connectivity index (χ3n) is 3.76. The molecule has 1 aromatic carbocycles. The zero-order chi connectivity index (χ0) is 13.2. The van der Waals surface area contributed by atoms with Gasteiger partial charge in [-0.15, -0.1) is 0 Å². The number of pyridine rings is 1. The Kier molecular flexibility index (Phi) is 3.28. The fourth-order valence-electron chi connectivity index (χ4n) is 2.67. The molecule has 1 fully saturated rings. The van der Waals surface area contributed by atoms with Gasteiger partial charge in [-0.3, -0.25) is 4.98 Å². The molecular weight excluding hydrogens is 234 g/mol. The van der Waals surface area contributed by atoms with Crippen molar-refractivity contribution in [3.63, 3.8) is 0 Å². The highest BCUT2D eigenvalue weighted by Crippen LogP contribution is 2.36. The van der Waals surface area contributed by atoms with Crippen LogP contribution in [0.5, 0.6) is 0 Å². The Morgan fingerprint density at radius 1 is 1.32 bits per heavy atom. The van der Waals surface area contributed by atoms with Crippen molar-refractivity contribution >= 4 is 22.3 Å². The molecule has 0 amide bonds. The summed E-state index contributed by atoms with van der Waals surface area (Å²) in [6.07, 6.45) is 5.67. The van der Waals surface area contributed by atoms with Crippen LogP contribution in [0.25, 0.3) is 10.9 Å². The zero-order valence-electron chi connectivity index (χ0n) is 11.5. The summed E-state index contributed by atoms with van der Waals surface area (Å²) in [5, 5.41) is 1.18. The Morgan fingerprint density at radius 2 is 2.11 bits per heavy atom. The van der Waals surface area contributed by atoms with Gasteiger partial charge in [-0.25, -0.2) is 0 Å². The summed E-state index contributed by atoms with van der Waals surface area (Å²) >= 11 is 0. The van der Waals surface area contributed by atoms with Gasteiger partial charge in [0.25, 0.3) is 0 Å². The van der Waals surface area contributed by atoms with Crippen molar-refractivity contribution < 1.29 is 0 Å². The van der Waals surface area contributed by atoms with Crippen LogP contribution in [-0.2, 0) is 0 Å². The third kappa shape index (κ3) is 2.50. The standard InChI is InChI=1S/C16H21N3/c1-2-9-19(11-12-7-8-12)16-13-5-3-4-6-15(13)18-10-14(16)17/h3-6,10,12H,2,7-9,11,17H2,1H3. The molecule has 0 saturated heterocycles. The topological polar surface area (TPSA) is 42.1 Å². The Bertz CT molecular complexity index is 575. The van der Waals surface area contributed by atoms with Crippen molar-refractivity contribution in [1.29, 1.82) is 0 Å². The van der Waals surface area contributed by atoms with Gasteiger partial charge in [-0.1, -0.05) is 25.1 Å². The second kappa shape index (κ2) is 5.08. The number of nitrogens with two attached hydrogens (primary N) is 1. The number of hydrogen-bond donors (Lipinski definition) is 1. The molecule has 1 heterocycles. The second-order valence-corrected chi connectivity index (χ2v) is 5.47. The van der Waals surface area contributed by atoms with Gasteiger partial charge in [-0.05, 0) is 31.2 Å². The number of aromatic nitrogens is 1. The lowest BCUT2D eigenvalue weighted by atomic mass is 10.1. The molecule has 0 bridgehead atoms. The summed E-state index contributed by atoms with van der Waals surface area (Å²) in [5.41, 5.74) is 9.22. The highest BCUT2D eigenvalue weighted by Gasteiger charge is 2.25. The molecule has 0 unspecified atom stereocenters. The molecule has 2 N–H and O–H groups in total. The summed E-state index contributed by atoms with van der Waals surface area (Å²) in [7, 11) is 0. The maximum atomic E-state index is 6.21. The summed E-state index contributed by atoms with van der Waals surface area (Å²) in [6, 6.07) is 8.28. The molecule has 1 aliphatic carbocycles. The molecule has 3 heteroatoms. The normalized spacial score (nSPS) is 14.8.